The van der Waals surface area contributed by atoms with Crippen LogP contribution in [0.3, 0.4) is 0 Å². The summed E-state index contributed by atoms with van der Waals surface area (Å²) < 4.78 is 0. The highest BCUT2D eigenvalue weighted by Gasteiger charge is 2.23. The molecule has 1 aliphatic heterocycles. The molecule has 5 heteroatoms. The van der Waals surface area contributed by atoms with E-state index in [9.17, 15) is 4.79 Å². The fourth-order valence-electron chi connectivity index (χ4n) is 4.69. The molecular weight excluding hydrogens is 442 g/mol. The zero-order chi connectivity index (χ0) is 23.5. The smallest absolute Gasteiger partial charge is 0.252 e. The Morgan fingerprint density at radius 2 is 1.68 bits per heavy atom. The largest absolute Gasteiger partial charge is 0.349 e. The van der Waals surface area contributed by atoms with Crippen molar-refractivity contribution < 1.29 is 4.79 Å². The second-order valence-electron chi connectivity index (χ2n) is 9.00. The molecule has 4 nitrogen and oxygen atoms in total. The first-order valence-electron chi connectivity index (χ1n) is 11.8. The van der Waals surface area contributed by atoms with Gasteiger partial charge in [-0.15, -0.1) is 0 Å². The first-order chi connectivity index (χ1) is 16.6. The molecule has 1 N–H and O–H groups in total. The van der Waals surface area contributed by atoms with E-state index in [1.54, 1.807) is 0 Å². The molecule has 34 heavy (non-hydrogen) atoms. The third kappa shape index (κ3) is 4.84. The normalized spacial score (nSPS) is 14.9. The van der Waals surface area contributed by atoms with Gasteiger partial charge in [0.25, 0.3) is 5.91 Å². The Morgan fingerprint density at radius 3 is 2.38 bits per heavy atom. The summed E-state index contributed by atoms with van der Waals surface area (Å²) >= 11 is 6.40. The van der Waals surface area contributed by atoms with Crippen LogP contribution < -0.4 is 5.32 Å². The number of carbonyl (C=O) groups excluding carboxylic acids is 1. The van der Waals surface area contributed by atoms with Gasteiger partial charge in [-0.3, -0.25) is 9.69 Å². The summed E-state index contributed by atoms with van der Waals surface area (Å²) in [6.07, 6.45) is 1.88. The van der Waals surface area contributed by atoms with Gasteiger partial charge in [-0.05, 0) is 43.0 Å². The summed E-state index contributed by atoms with van der Waals surface area (Å²) in [7, 11) is 0. The number of aromatic nitrogens is 1. The number of nitrogens with zero attached hydrogens (tertiary/aromatic N) is 2. The molecule has 1 aromatic heterocycles. The standard InChI is InChI=1S/C29H28ClN3O/c1-20-26(30)13-12-24-25(18-27(32-28(20)24)22-10-6-3-7-11-22)29(34)31-23-14-16-33(17-15-23)19-21-8-4-2-5-9-21/h2-13,18,23H,14-17,19H2,1H3,(H,31,34). The molecule has 0 radical (unpaired) electrons. The van der Waals surface area contributed by atoms with E-state index in [1.807, 2.05) is 61.5 Å². The Hall–Kier alpha value is -3.21. The second-order valence-corrected chi connectivity index (χ2v) is 9.41. The van der Waals surface area contributed by atoms with E-state index in [2.05, 4.69) is 34.5 Å². The lowest BCUT2D eigenvalue weighted by Gasteiger charge is -2.32. The third-order valence-corrected chi connectivity index (χ3v) is 7.06. The van der Waals surface area contributed by atoms with Crippen LogP contribution in [0.15, 0.2) is 78.9 Å². The number of halogens is 1. The lowest BCUT2D eigenvalue weighted by molar-refractivity contribution is 0.0910. The molecule has 1 saturated heterocycles. The first-order valence-corrected chi connectivity index (χ1v) is 12.2. The minimum atomic E-state index is -0.0483. The van der Waals surface area contributed by atoms with Crippen LogP contribution in [0.5, 0.6) is 0 Å². The number of pyridine rings is 1. The lowest BCUT2D eigenvalue weighted by atomic mass is 9.99. The molecule has 0 bridgehead atoms. The number of likely N-dealkylation sites (tertiary alicyclic amines) is 1. The molecule has 4 aromatic rings. The first kappa shape index (κ1) is 22.6. The van der Waals surface area contributed by atoms with E-state index in [0.29, 0.717) is 10.6 Å². The minimum Gasteiger partial charge on any atom is -0.349 e. The molecule has 5 rings (SSSR count). The van der Waals surface area contributed by atoms with Crippen LogP contribution in [0.1, 0.15) is 34.3 Å². The van der Waals surface area contributed by atoms with Gasteiger partial charge in [0.05, 0.1) is 16.8 Å². The van der Waals surface area contributed by atoms with Crippen molar-refractivity contribution >= 4 is 28.4 Å². The summed E-state index contributed by atoms with van der Waals surface area (Å²) in [6.45, 7) is 4.86. The number of aryl methyl sites for hydroxylation is 1. The van der Waals surface area contributed by atoms with Gasteiger partial charge >= 0.3 is 0 Å². The number of carbonyl (C=O) groups is 1. The highest BCUT2D eigenvalue weighted by molar-refractivity contribution is 6.32. The van der Waals surface area contributed by atoms with Crippen LogP contribution in [0, 0.1) is 6.92 Å². The van der Waals surface area contributed by atoms with Gasteiger partial charge in [0.1, 0.15) is 0 Å². The molecule has 0 spiro atoms. The third-order valence-electron chi connectivity index (χ3n) is 6.65. The van der Waals surface area contributed by atoms with Gasteiger partial charge in [-0.2, -0.15) is 0 Å². The zero-order valence-corrected chi connectivity index (χ0v) is 20.1. The lowest BCUT2D eigenvalue weighted by Crippen LogP contribution is -2.44. The van der Waals surface area contributed by atoms with E-state index in [0.717, 1.165) is 60.2 Å². The van der Waals surface area contributed by atoms with Crippen molar-refractivity contribution in [2.45, 2.75) is 32.4 Å². The van der Waals surface area contributed by atoms with Crippen LogP contribution in [0.25, 0.3) is 22.2 Å². The highest BCUT2D eigenvalue weighted by atomic mass is 35.5. The van der Waals surface area contributed by atoms with Gasteiger partial charge in [-0.25, -0.2) is 4.98 Å². The maximum absolute atomic E-state index is 13.5. The number of hydrogen-bond acceptors (Lipinski definition) is 3. The van der Waals surface area contributed by atoms with E-state index >= 15 is 0 Å². The molecule has 0 saturated carbocycles. The molecule has 0 atom stereocenters. The second kappa shape index (κ2) is 9.96. The molecule has 1 amide bonds. The summed E-state index contributed by atoms with van der Waals surface area (Å²) in [4.78, 5) is 20.8. The van der Waals surface area contributed by atoms with Crippen LogP contribution >= 0.6 is 11.6 Å². The summed E-state index contributed by atoms with van der Waals surface area (Å²) in [5, 5.41) is 4.79. The van der Waals surface area contributed by atoms with E-state index < -0.39 is 0 Å². The number of fused-ring (bicyclic) bond motifs is 1. The quantitative estimate of drug-likeness (QED) is 0.375. The van der Waals surface area contributed by atoms with E-state index in [4.69, 9.17) is 16.6 Å². The Balaban J connectivity index is 1.36. The van der Waals surface area contributed by atoms with E-state index in [-0.39, 0.29) is 11.9 Å². The number of rotatable bonds is 5. The number of nitrogens with one attached hydrogen (secondary N) is 1. The summed E-state index contributed by atoms with van der Waals surface area (Å²) in [5.41, 5.74) is 5.40. The molecule has 3 aromatic carbocycles. The predicted octanol–water partition coefficient (Wildman–Crippen LogP) is 6.26. The van der Waals surface area contributed by atoms with Crippen LogP contribution in [0.2, 0.25) is 5.02 Å². The molecule has 1 aliphatic rings. The molecular formula is C29H28ClN3O. The number of benzene rings is 3. The van der Waals surface area contributed by atoms with Crippen LogP contribution in [-0.4, -0.2) is 34.9 Å². The molecule has 0 unspecified atom stereocenters. The summed E-state index contributed by atoms with van der Waals surface area (Å²) in [6, 6.07) is 26.3. The predicted molar refractivity (Wildman–Crippen MR) is 139 cm³/mol. The van der Waals surface area contributed by atoms with Crippen LogP contribution in [-0.2, 0) is 6.54 Å². The summed E-state index contributed by atoms with van der Waals surface area (Å²) in [5.74, 6) is -0.0483. The number of piperidine rings is 1. The Morgan fingerprint density at radius 1 is 1.00 bits per heavy atom. The van der Waals surface area contributed by atoms with Crippen molar-refractivity contribution in [2.75, 3.05) is 13.1 Å². The van der Waals surface area contributed by atoms with Gasteiger partial charge in [0.2, 0.25) is 0 Å². The van der Waals surface area contributed by atoms with Gasteiger partial charge in [-0.1, -0.05) is 78.3 Å². The van der Waals surface area contributed by atoms with Crippen molar-refractivity contribution in [2.24, 2.45) is 0 Å². The molecule has 1 fully saturated rings. The topological polar surface area (TPSA) is 45.2 Å². The average Bonchev–Trinajstić information content (AvgIpc) is 2.88. The maximum Gasteiger partial charge on any atom is 0.252 e. The number of hydrogen-bond donors (Lipinski definition) is 1. The highest BCUT2D eigenvalue weighted by Crippen LogP contribution is 2.30. The molecule has 0 aliphatic carbocycles. The zero-order valence-electron chi connectivity index (χ0n) is 19.3. The van der Waals surface area contributed by atoms with Crippen molar-refractivity contribution in [1.82, 2.24) is 15.2 Å². The minimum absolute atomic E-state index is 0.0483. The molecule has 172 valence electrons. The van der Waals surface area contributed by atoms with Crippen molar-refractivity contribution in [3.63, 3.8) is 0 Å². The monoisotopic (exact) mass is 469 g/mol. The van der Waals surface area contributed by atoms with E-state index in [1.165, 1.54) is 5.56 Å². The van der Waals surface area contributed by atoms with Crippen LogP contribution in [0.4, 0.5) is 0 Å². The maximum atomic E-state index is 13.5. The van der Waals surface area contributed by atoms with Gasteiger partial charge in [0.15, 0.2) is 0 Å². The Bertz CT molecular complexity index is 1300. The fraction of sp³-hybridized carbons (Fsp3) is 0.241. The van der Waals surface area contributed by atoms with Gasteiger partial charge in [0, 0.05) is 41.6 Å². The number of amides is 1. The van der Waals surface area contributed by atoms with Gasteiger partial charge < -0.3 is 5.32 Å². The van der Waals surface area contributed by atoms with Crippen molar-refractivity contribution in [3.05, 3.63) is 101 Å². The molecule has 2 heterocycles. The Labute approximate surface area is 205 Å². The van der Waals surface area contributed by atoms with Crippen molar-refractivity contribution in [1.29, 1.82) is 0 Å². The SMILES string of the molecule is Cc1c(Cl)ccc2c(C(=O)NC3CCN(Cc4ccccc4)CC3)cc(-c3ccccc3)nc12. The average molecular weight is 470 g/mol. The fourth-order valence-corrected chi connectivity index (χ4v) is 4.84. The Kier molecular flexibility index (Phi) is 6.61. The van der Waals surface area contributed by atoms with Crippen molar-refractivity contribution in [3.8, 4) is 11.3 Å².